The van der Waals surface area contributed by atoms with E-state index in [0.717, 1.165) is 10.4 Å². The molecule has 144 valence electrons. The zero-order valence-corrected chi connectivity index (χ0v) is 15.8. The highest BCUT2D eigenvalue weighted by Crippen LogP contribution is 2.22. The Morgan fingerprint density at radius 3 is 2.52 bits per heavy atom. The highest BCUT2D eigenvalue weighted by atomic mass is 35.5. The van der Waals surface area contributed by atoms with E-state index in [2.05, 4.69) is 0 Å². The first-order chi connectivity index (χ1) is 12.6. The summed E-state index contributed by atoms with van der Waals surface area (Å²) in [5.74, 6) is -2.79. The van der Waals surface area contributed by atoms with Gasteiger partial charge >= 0.3 is 5.97 Å². The van der Waals surface area contributed by atoms with Gasteiger partial charge in [-0.25, -0.2) is 17.5 Å². The number of carbonyl (C=O) groups excluding carboxylic acids is 3. The number of hydrogen-bond acceptors (Lipinski definition) is 7. The van der Waals surface area contributed by atoms with Gasteiger partial charge in [0.1, 0.15) is 0 Å². The number of esters is 1. The van der Waals surface area contributed by atoms with Crippen molar-refractivity contribution in [3.63, 3.8) is 0 Å². The van der Waals surface area contributed by atoms with Crippen LogP contribution in [-0.2, 0) is 19.6 Å². The molecule has 11 heteroatoms. The fraction of sp³-hybridized carbons (Fsp3) is 0.188. The van der Waals surface area contributed by atoms with E-state index in [1.54, 1.807) is 0 Å². The topological polar surface area (TPSA) is 123 Å². The number of carbonyl (C=O) groups is 3. The molecule has 0 saturated heterocycles. The molecule has 0 spiro atoms. The second kappa shape index (κ2) is 8.33. The SMILES string of the molecule is CN(C)S(=O)(=O)c1ccc(Cl)c(C(=O)OCC(=O)NC(=O)c2ccco2)c1. The molecule has 0 atom stereocenters. The molecular formula is C16H15ClN2O7S. The molecule has 9 nitrogen and oxygen atoms in total. The van der Waals surface area contributed by atoms with Crippen molar-refractivity contribution >= 4 is 39.4 Å². The Hall–Kier alpha value is -2.69. The number of ether oxygens (including phenoxy) is 1. The summed E-state index contributed by atoms with van der Waals surface area (Å²) >= 11 is 5.91. The zero-order valence-electron chi connectivity index (χ0n) is 14.3. The van der Waals surface area contributed by atoms with Gasteiger partial charge in [-0.1, -0.05) is 11.6 Å². The molecule has 0 aliphatic carbocycles. The minimum Gasteiger partial charge on any atom is -0.459 e. The molecule has 0 aliphatic rings. The molecular weight excluding hydrogens is 400 g/mol. The van der Waals surface area contributed by atoms with E-state index in [-0.39, 0.29) is 21.2 Å². The summed E-state index contributed by atoms with van der Waals surface area (Å²) in [5.41, 5.74) is -0.232. The number of rotatable bonds is 6. The standard InChI is InChI=1S/C16H15ClN2O7S/c1-19(2)27(23,24)10-5-6-12(17)11(8-10)16(22)26-9-14(20)18-15(21)13-4-3-7-25-13/h3-8H,9H2,1-2H3,(H,18,20,21). The highest BCUT2D eigenvalue weighted by Gasteiger charge is 2.22. The third kappa shape index (κ3) is 4.94. The molecule has 0 fully saturated rings. The maximum Gasteiger partial charge on any atom is 0.340 e. The molecule has 2 amide bonds. The van der Waals surface area contributed by atoms with Crippen molar-refractivity contribution in [1.29, 1.82) is 0 Å². The molecule has 2 aromatic rings. The molecule has 0 bridgehead atoms. The number of nitrogens with one attached hydrogen (secondary N) is 1. The van der Waals surface area contributed by atoms with Crippen molar-refractivity contribution in [3.05, 3.63) is 52.9 Å². The Morgan fingerprint density at radius 1 is 1.22 bits per heavy atom. The number of furan rings is 1. The molecule has 0 aliphatic heterocycles. The number of benzene rings is 1. The first kappa shape index (κ1) is 20.6. The molecule has 0 radical (unpaired) electrons. The zero-order chi connectivity index (χ0) is 20.2. The summed E-state index contributed by atoms with van der Waals surface area (Å²) < 4.78 is 34.9. The summed E-state index contributed by atoms with van der Waals surface area (Å²) in [6.45, 7) is -0.772. The predicted octanol–water partition coefficient (Wildman–Crippen LogP) is 1.30. The van der Waals surface area contributed by atoms with Crippen LogP contribution >= 0.6 is 11.6 Å². The summed E-state index contributed by atoms with van der Waals surface area (Å²) in [6.07, 6.45) is 1.26. The van der Waals surface area contributed by atoms with E-state index < -0.39 is 34.4 Å². The van der Waals surface area contributed by atoms with Gasteiger partial charge in [0.25, 0.3) is 11.8 Å². The van der Waals surface area contributed by atoms with Crippen LogP contribution in [0.2, 0.25) is 5.02 Å². The number of imide groups is 1. The summed E-state index contributed by atoms with van der Waals surface area (Å²) in [7, 11) is -1.12. The van der Waals surface area contributed by atoms with Crippen LogP contribution in [0.4, 0.5) is 0 Å². The van der Waals surface area contributed by atoms with Gasteiger partial charge in [-0.05, 0) is 30.3 Å². The Kier molecular flexibility index (Phi) is 6.37. The van der Waals surface area contributed by atoms with Crippen molar-refractivity contribution in [2.45, 2.75) is 4.90 Å². The third-order valence-corrected chi connectivity index (χ3v) is 5.41. The van der Waals surface area contributed by atoms with Gasteiger partial charge < -0.3 is 9.15 Å². The molecule has 27 heavy (non-hydrogen) atoms. The van der Waals surface area contributed by atoms with Crippen LogP contribution in [0.1, 0.15) is 20.9 Å². The van der Waals surface area contributed by atoms with Gasteiger partial charge in [0.2, 0.25) is 10.0 Å². The Morgan fingerprint density at radius 2 is 1.93 bits per heavy atom. The summed E-state index contributed by atoms with van der Waals surface area (Å²) in [5, 5.41) is 1.92. The highest BCUT2D eigenvalue weighted by molar-refractivity contribution is 7.89. The van der Waals surface area contributed by atoms with Crippen molar-refractivity contribution in [3.8, 4) is 0 Å². The van der Waals surface area contributed by atoms with E-state index in [9.17, 15) is 22.8 Å². The molecule has 2 rings (SSSR count). The number of hydrogen-bond donors (Lipinski definition) is 1. The molecule has 1 heterocycles. The van der Waals surface area contributed by atoms with Gasteiger partial charge in [-0.3, -0.25) is 14.9 Å². The Bertz CT molecular complexity index is 969. The van der Waals surface area contributed by atoms with E-state index in [1.165, 1.54) is 44.6 Å². The van der Waals surface area contributed by atoms with Crippen LogP contribution in [0.5, 0.6) is 0 Å². The van der Waals surface area contributed by atoms with E-state index in [4.69, 9.17) is 20.8 Å². The monoisotopic (exact) mass is 414 g/mol. The average Bonchev–Trinajstić information content (AvgIpc) is 3.14. The quantitative estimate of drug-likeness (QED) is 0.706. The minimum absolute atomic E-state index is 0.0511. The normalized spacial score (nSPS) is 11.3. The second-order valence-corrected chi connectivity index (χ2v) is 7.92. The van der Waals surface area contributed by atoms with Crippen LogP contribution in [0, 0.1) is 0 Å². The maximum absolute atomic E-state index is 12.1. The Labute approximate surface area is 159 Å². The fourth-order valence-corrected chi connectivity index (χ4v) is 3.00. The van der Waals surface area contributed by atoms with Gasteiger partial charge in [0.05, 0.1) is 21.7 Å². The summed E-state index contributed by atoms with van der Waals surface area (Å²) in [6, 6.07) is 6.34. The van der Waals surface area contributed by atoms with Crippen molar-refractivity contribution in [1.82, 2.24) is 9.62 Å². The van der Waals surface area contributed by atoms with Crippen molar-refractivity contribution in [2.75, 3.05) is 20.7 Å². The second-order valence-electron chi connectivity index (χ2n) is 5.36. The van der Waals surface area contributed by atoms with Gasteiger partial charge in [0, 0.05) is 14.1 Å². The van der Waals surface area contributed by atoms with Crippen molar-refractivity contribution in [2.24, 2.45) is 0 Å². The third-order valence-electron chi connectivity index (χ3n) is 3.27. The molecule has 1 N–H and O–H groups in total. The number of nitrogens with zero attached hydrogens (tertiary/aromatic N) is 1. The van der Waals surface area contributed by atoms with Gasteiger partial charge in [-0.15, -0.1) is 0 Å². The first-order valence-electron chi connectivity index (χ1n) is 7.40. The smallest absolute Gasteiger partial charge is 0.340 e. The first-order valence-corrected chi connectivity index (χ1v) is 9.21. The molecule has 1 aromatic carbocycles. The van der Waals surface area contributed by atoms with Crippen LogP contribution in [0.15, 0.2) is 45.9 Å². The lowest BCUT2D eigenvalue weighted by Crippen LogP contribution is -2.34. The average molecular weight is 415 g/mol. The largest absolute Gasteiger partial charge is 0.459 e. The predicted molar refractivity (Wildman–Crippen MR) is 93.8 cm³/mol. The fourth-order valence-electron chi connectivity index (χ4n) is 1.87. The minimum atomic E-state index is -3.79. The lowest BCUT2D eigenvalue weighted by molar-refractivity contribution is -0.123. The van der Waals surface area contributed by atoms with Gasteiger partial charge in [-0.2, -0.15) is 0 Å². The summed E-state index contributed by atoms with van der Waals surface area (Å²) in [4.78, 5) is 35.3. The maximum atomic E-state index is 12.1. The number of amides is 2. The molecule has 0 unspecified atom stereocenters. The van der Waals surface area contributed by atoms with Gasteiger partial charge in [0.15, 0.2) is 12.4 Å². The van der Waals surface area contributed by atoms with Crippen LogP contribution in [0.25, 0.3) is 0 Å². The van der Waals surface area contributed by atoms with Crippen LogP contribution < -0.4 is 5.32 Å². The van der Waals surface area contributed by atoms with Crippen LogP contribution in [-0.4, -0.2) is 51.2 Å². The van der Waals surface area contributed by atoms with Crippen LogP contribution in [0.3, 0.4) is 0 Å². The molecule has 0 saturated carbocycles. The van der Waals surface area contributed by atoms with Crippen molar-refractivity contribution < 1.29 is 32.0 Å². The number of sulfonamides is 1. The lowest BCUT2D eigenvalue weighted by Gasteiger charge is -2.13. The van der Waals surface area contributed by atoms with E-state index >= 15 is 0 Å². The lowest BCUT2D eigenvalue weighted by atomic mass is 10.2. The molecule has 1 aromatic heterocycles. The Balaban J connectivity index is 2.05. The van der Waals surface area contributed by atoms with E-state index in [0.29, 0.717) is 0 Å². The van der Waals surface area contributed by atoms with E-state index in [1.807, 2.05) is 5.32 Å². The number of halogens is 1.